The fraction of sp³-hybridized carbons (Fsp3) is 0.342. The number of nitrogens with one attached hydrogen (secondary N) is 6. The molecule has 4 fully saturated rings. The number of esters is 1. The molecule has 500 valence electrons. The second-order valence-electron chi connectivity index (χ2n) is 24.3. The molecule has 5 aromatic carbocycles. The van der Waals surface area contributed by atoms with Crippen molar-refractivity contribution in [2.45, 2.75) is 82.5 Å². The predicted octanol–water partition coefficient (Wildman–Crippen LogP) is 9.80. The summed E-state index contributed by atoms with van der Waals surface area (Å²) in [5.74, 6) is -0.431. The van der Waals surface area contributed by atoms with E-state index in [4.69, 9.17) is 27.5 Å². The van der Waals surface area contributed by atoms with Crippen LogP contribution in [0.5, 0.6) is 0 Å². The SMILES string of the molecule is CCOC(=O)CN1CCC(Nc2cc(=O)oc3ccccc23)CC1.O=C(CN1CCC(Nc2cc(=O)oc3ccccc23)CC1)Nc1nccc2ccccc12.O=C(O)CN1CCC(Nc2cc(=O)oc3ccccc23)CC1.O=c1cc(NC2CCNCC2)c2ccccc2o1. The number of carbonyl (C=O) groups is 3. The van der Waals surface area contributed by atoms with Crippen molar-refractivity contribution in [2.24, 2.45) is 0 Å². The Morgan fingerprint density at radius 1 is 0.469 bits per heavy atom. The lowest BCUT2D eigenvalue weighted by Crippen LogP contribution is -2.42. The van der Waals surface area contributed by atoms with Crippen LogP contribution in [0, 0.1) is 0 Å². The monoisotopic (exact) mass is 1300 g/mol. The quantitative estimate of drug-likeness (QED) is 0.0350. The number of aliphatic carboxylic acids is 1. The Morgan fingerprint density at radius 2 is 0.812 bits per heavy atom. The van der Waals surface area contributed by atoms with Crippen molar-refractivity contribution in [3.8, 4) is 0 Å². The summed E-state index contributed by atoms with van der Waals surface area (Å²) in [6, 6.07) is 47.1. The molecular formula is C73H80N10O13. The number of carboxylic acids is 1. The Labute approximate surface area is 552 Å². The summed E-state index contributed by atoms with van der Waals surface area (Å²) in [4.78, 5) is 92.2. The number of amides is 1. The second-order valence-corrected chi connectivity index (χ2v) is 24.3. The maximum absolute atomic E-state index is 12.6. The molecule has 10 aromatic rings. The molecule has 0 radical (unpaired) electrons. The molecule has 0 atom stereocenters. The maximum Gasteiger partial charge on any atom is 0.338 e. The topological polar surface area (TPSA) is 296 Å². The number of hydrogen-bond donors (Lipinski definition) is 7. The van der Waals surface area contributed by atoms with Gasteiger partial charge in [-0.2, -0.15) is 0 Å². The normalized spacial score (nSPS) is 16.1. The van der Waals surface area contributed by atoms with Crippen molar-refractivity contribution < 1.29 is 41.9 Å². The summed E-state index contributed by atoms with van der Waals surface area (Å²) < 4.78 is 25.8. The number of anilines is 5. The Hall–Kier alpha value is -10.2. The largest absolute Gasteiger partial charge is 0.480 e. The van der Waals surface area contributed by atoms with Crippen LogP contribution >= 0.6 is 0 Å². The molecule has 14 rings (SSSR count). The minimum absolute atomic E-state index is 0.0630. The molecule has 0 aliphatic carbocycles. The number of rotatable bonds is 16. The van der Waals surface area contributed by atoms with Gasteiger partial charge in [0.25, 0.3) is 0 Å². The number of para-hydroxylation sites is 4. The van der Waals surface area contributed by atoms with Gasteiger partial charge in [-0.1, -0.05) is 72.8 Å². The fourth-order valence-corrected chi connectivity index (χ4v) is 12.7. The van der Waals surface area contributed by atoms with E-state index in [1.807, 2.05) is 121 Å². The highest BCUT2D eigenvalue weighted by Gasteiger charge is 2.26. The zero-order valence-corrected chi connectivity index (χ0v) is 53.6. The number of benzene rings is 5. The molecule has 0 unspecified atom stereocenters. The molecule has 9 heterocycles. The van der Waals surface area contributed by atoms with Gasteiger partial charge in [0.15, 0.2) is 0 Å². The summed E-state index contributed by atoms with van der Waals surface area (Å²) >= 11 is 0. The Morgan fingerprint density at radius 3 is 1.20 bits per heavy atom. The highest BCUT2D eigenvalue weighted by Crippen LogP contribution is 2.29. The van der Waals surface area contributed by atoms with Gasteiger partial charge in [-0.05, 0) is 131 Å². The van der Waals surface area contributed by atoms with Crippen molar-refractivity contribution in [1.29, 1.82) is 0 Å². The van der Waals surface area contributed by atoms with Crippen LogP contribution in [0.15, 0.2) is 195 Å². The first-order chi connectivity index (χ1) is 46.7. The molecule has 4 aliphatic rings. The third-order valence-corrected chi connectivity index (χ3v) is 17.5. The molecule has 96 heavy (non-hydrogen) atoms. The van der Waals surface area contributed by atoms with Crippen LogP contribution in [0.25, 0.3) is 54.6 Å². The van der Waals surface area contributed by atoms with Gasteiger partial charge in [-0.15, -0.1) is 0 Å². The van der Waals surface area contributed by atoms with Crippen molar-refractivity contribution in [2.75, 3.05) is 105 Å². The molecule has 23 heteroatoms. The van der Waals surface area contributed by atoms with Gasteiger partial charge >= 0.3 is 34.4 Å². The van der Waals surface area contributed by atoms with Gasteiger partial charge in [0.05, 0.1) is 49.0 Å². The number of ether oxygens (including phenoxy) is 1. The number of piperidine rings is 4. The van der Waals surface area contributed by atoms with Crippen LogP contribution in [0.3, 0.4) is 0 Å². The molecule has 7 N–H and O–H groups in total. The summed E-state index contributed by atoms with van der Waals surface area (Å²) in [5, 5.41) is 34.6. The van der Waals surface area contributed by atoms with E-state index in [1.54, 1.807) is 30.5 Å². The van der Waals surface area contributed by atoms with Crippen LogP contribution in [-0.2, 0) is 19.1 Å². The Bertz CT molecular complexity index is 4540. The van der Waals surface area contributed by atoms with E-state index < -0.39 is 5.97 Å². The van der Waals surface area contributed by atoms with Gasteiger partial charge in [0.1, 0.15) is 28.1 Å². The maximum atomic E-state index is 12.6. The molecule has 0 bridgehead atoms. The van der Waals surface area contributed by atoms with Gasteiger partial charge in [-0.25, -0.2) is 24.2 Å². The van der Waals surface area contributed by atoms with E-state index in [-0.39, 0.29) is 59.0 Å². The van der Waals surface area contributed by atoms with Crippen molar-refractivity contribution in [3.63, 3.8) is 0 Å². The van der Waals surface area contributed by atoms with Crippen LogP contribution in [-0.4, -0.2) is 145 Å². The Kier molecular flexibility index (Phi) is 22.9. The molecule has 0 saturated carbocycles. The predicted molar refractivity (Wildman–Crippen MR) is 373 cm³/mol. The highest BCUT2D eigenvalue weighted by atomic mass is 16.5. The van der Waals surface area contributed by atoms with Gasteiger partial charge < -0.3 is 59.4 Å². The average Bonchev–Trinajstić information content (AvgIpc) is 0.866. The van der Waals surface area contributed by atoms with Gasteiger partial charge in [-0.3, -0.25) is 29.1 Å². The number of likely N-dealkylation sites (tertiary alicyclic amines) is 3. The van der Waals surface area contributed by atoms with Crippen LogP contribution in [0.1, 0.15) is 58.3 Å². The highest BCUT2D eigenvalue weighted by molar-refractivity contribution is 6.01. The molecule has 0 spiro atoms. The van der Waals surface area contributed by atoms with Crippen molar-refractivity contribution in [1.82, 2.24) is 25.0 Å². The molecule has 23 nitrogen and oxygen atoms in total. The van der Waals surface area contributed by atoms with E-state index in [9.17, 15) is 33.6 Å². The molecule has 1 amide bonds. The minimum Gasteiger partial charge on any atom is -0.480 e. The van der Waals surface area contributed by atoms with E-state index in [0.717, 1.165) is 159 Å². The zero-order chi connectivity index (χ0) is 66.8. The summed E-state index contributed by atoms with van der Waals surface area (Å²) in [7, 11) is 0. The summed E-state index contributed by atoms with van der Waals surface area (Å²) in [6.45, 7) is 9.78. The average molecular weight is 1310 g/mol. The van der Waals surface area contributed by atoms with Gasteiger partial charge in [0.2, 0.25) is 5.91 Å². The summed E-state index contributed by atoms with van der Waals surface area (Å²) in [5.41, 5.74) is 4.28. The number of fused-ring (bicyclic) bond motifs is 5. The van der Waals surface area contributed by atoms with Gasteiger partial charge in [0, 0.05) is 121 Å². The first-order valence-electron chi connectivity index (χ1n) is 32.8. The standard InChI is InChI=1S/C25H24N4O3.C18H22N2O4.C16H18N2O4.C14H16N2O2/c30-23(28-25-19-6-2-1-5-17(19)9-12-26-25)16-29-13-10-18(11-14-29)27-21-15-24(31)32-22-8-4-3-7-20(21)22;1-2-23-18(22)12-20-9-7-13(8-10-20)19-15-11-17(21)24-16-6-4-3-5-14(15)16;19-15(20)10-18-7-5-11(6-8-18)17-13-9-16(21)22-14-4-2-1-3-12(13)14;17-14-9-12(16-10-5-7-15-8-6-10)11-3-1-2-4-13(11)18-14/h1-9,12,15,18,27H,10-11,13-14,16H2,(H,26,28,30);3-6,11,13,19H,2,7-10,12H2,1H3;1-4,9,11,17H,5-8,10H2,(H,19,20);1-4,9-10,15-16H,5-8H2. The number of nitrogens with zero attached hydrogens (tertiary/aromatic N) is 4. The third-order valence-electron chi connectivity index (χ3n) is 17.5. The lowest BCUT2D eigenvalue weighted by atomic mass is 10.0. The second kappa shape index (κ2) is 32.8. The van der Waals surface area contributed by atoms with Crippen LogP contribution < -0.4 is 54.4 Å². The molecule has 5 aromatic heterocycles. The first-order valence-corrected chi connectivity index (χ1v) is 32.8. The van der Waals surface area contributed by atoms with Crippen LogP contribution in [0.4, 0.5) is 28.6 Å². The lowest BCUT2D eigenvalue weighted by Gasteiger charge is -2.32. The summed E-state index contributed by atoms with van der Waals surface area (Å²) in [6.07, 6.45) is 9.15. The van der Waals surface area contributed by atoms with E-state index in [1.165, 1.54) is 18.2 Å². The number of hydrogen-bond acceptors (Lipinski definition) is 21. The van der Waals surface area contributed by atoms with Crippen LogP contribution in [0.2, 0.25) is 0 Å². The smallest absolute Gasteiger partial charge is 0.338 e. The Balaban J connectivity index is 0.000000133. The fourth-order valence-electron chi connectivity index (χ4n) is 12.7. The number of carboxylic acid groups (broad SMARTS) is 1. The van der Waals surface area contributed by atoms with Crippen molar-refractivity contribution in [3.05, 3.63) is 200 Å². The van der Waals surface area contributed by atoms with Crippen molar-refractivity contribution >= 4 is 101 Å². The molecule has 4 saturated heterocycles. The molecular weight excluding hydrogens is 1220 g/mol. The minimum atomic E-state index is -0.793. The van der Waals surface area contributed by atoms with E-state index >= 15 is 0 Å². The van der Waals surface area contributed by atoms with E-state index in [2.05, 4.69) is 46.7 Å². The number of pyridine rings is 1. The molecule has 4 aliphatic heterocycles. The van der Waals surface area contributed by atoms with E-state index in [0.29, 0.717) is 53.9 Å². The lowest BCUT2D eigenvalue weighted by molar-refractivity contribution is -0.144. The number of carbonyl (C=O) groups excluding carboxylic acids is 2. The zero-order valence-electron chi connectivity index (χ0n) is 53.6. The number of aromatic nitrogens is 1. The third kappa shape index (κ3) is 18.6. The first kappa shape index (κ1) is 67.2.